The van der Waals surface area contributed by atoms with E-state index in [0.29, 0.717) is 40.6 Å². The summed E-state index contributed by atoms with van der Waals surface area (Å²) in [6.45, 7) is 3.15. The number of anilines is 3. The molecule has 1 aromatic carbocycles. The predicted molar refractivity (Wildman–Crippen MR) is 113 cm³/mol. The second kappa shape index (κ2) is 8.84. The largest absolute Gasteiger partial charge is 0.351 e. The molecule has 4 rings (SSSR count). The molecule has 2 heterocycles. The van der Waals surface area contributed by atoms with E-state index < -0.39 is 5.82 Å². The van der Waals surface area contributed by atoms with Crippen molar-refractivity contribution in [2.75, 3.05) is 17.2 Å². The molecular weight excluding hydrogens is 393 g/mol. The highest BCUT2D eigenvalue weighted by molar-refractivity contribution is 6.31. The van der Waals surface area contributed by atoms with E-state index in [9.17, 15) is 4.39 Å². The van der Waals surface area contributed by atoms with Gasteiger partial charge in [0.05, 0.1) is 11.2 Å². The van der Waals surface area contributed by atoms with Crippen molar-refractivity contribution in [3.05, 3.63) is 41.6 Å². The SMILES string of the molecule is CCNC1CCC(Nc2ncc3ncnc(Nc4ccc(F)c(Cl)c4)c3n2)CC1. The first-order chi connectivity index (χ1) is 14.1. The number of hydrogen-bond donors (Lipinski definition) is 3. The molecule has 0 aliphatic heterocycles. The number of rotatable bonds is 6. The van der Waals surface area contributed by atoms with Crippen LogP contribution < -0.4 is 16.0 Å². The molecule has 0 amide bonds. The summed E-state index contributed by atoms with van der Waals surface area (Å²) in [7, 11) is 0. The molecule has 29 heavy (non-hydrogen) atoms. The molecule has 0 radical (unpaired) electrons. The van der Waals surface area contributed by atoms with Gasteiger partial charge in [-0.05, 0) is 50.4 Å². The first-order valence-electron chi connectivity index (χ1n) is 9.82. The molecule has 9 heteroatoms. The van der Waals surface area contributed by atoms with Crippen LogP contribution in [0.5, 0.6) is 0 Å². The van der Waals surface area contributed by atoms with Crippen LogP contribution in [0.2, 0.25) is 5.02 Å². The lowest BCUT2D eigenvalue weighted by atomic mass is 9.91. The topological polar surface area (TPSA) is 87.7 Å². The molecule has 2 aromatic heterocycles. The number of nitrogens with one attached hydrogen (secondary N) is 3. The van der Waals surface area contributed by atoms with Gasteiger partial charge in [-0.2, -0.15) is 0 Å². The van der Waals surface area contributed by atoms with Crippen LogP contribution in [-0.2, 0) is 0 Å². The number of benzene rings is 1. The minimum atomic E-state index is -0.470. The van der Waals surface area contributed by atoms with Crippen LogP contribution in [0.1, 0.15) is 32.6 Å². The molecule has 1 aliphatic carbocycles. The summed E-state index contributed by atoms with van der Waals surface area (Å²) < 4.78 is 13.4. The Hall–Kier alpha value is -2.58. The highest BCUT2D eigenvalue weighted by Crippen LogP contribution is 2.26. The summed E-state index contributed by atoms with van der Waals surface area (Å²) in [5.41, 5.74) is 1.83. The number of halogens is 2. The van der Waals surface area contributed by atoms with Crippen LogP contribution in [0.4, 0.5) is 21.8 Å². The van der Waals surface area contributed by atoms with Gasteiger partial charge in [0, 0.05) is 17.8 Å². The Morgan fingerprint density at radius 1 is 1.10 bits per heavy atom. The smallest absolute Gasteiger partial charge is 0.223 e. The van der Waals surface area contributed by atoms with Crippen molar-refractivity contribution < 1.29 is 4.39 Å². The van der Waals surface area contributed by atoms with Crippen molar-refractivity contribution in [2.24, 2.45) is 0 Å². The zero-order valence-electron chi connectivity index (χ0n) is 16.1. The Balaban J connectivity index is 1.52. The van der Waals surface area contributed by atoms with Gasteiger partial charge >= 0.3 is 0 Å². The zero-order valence-corrected chi connectivity index (χ0v) is 16.9. The van der Waals surface area contributed by atoms with Gasteiger partial charge in [-0.15, -0.1) is 0 Å². The molecule has 0 bridgehead atoms. The quantitative estimate of drug-likeness (QED) is 0.553. The minimum Gasteiger partial charge on any atom is -0.351 e. The van der Waals surface area contributed by atoms with Crippen LogP contribution in [-0.4, -0.2) is 38.6 Å². The summed E-state index contributed by atoms with van der Waals surface area (Å²) in [6.07, 6.45) is 7.54. The van der Waals surface area contributed by atoms with E-state index >= 15 is 0 Å². The fraction of sp³-hybridized carbons (Fsp3) is 0.400. The van der Waals surface area contributed by atoms with Gasteiger partial charge in [-0.25, -0.2) is 24.3 Å². The maximum atomic E-state index is 13.4. The summed E-state index contributed by atoms with van der Waals surface area (Å²) in [5, 5.41) is 10.1. The van der Waals surface area contributed by atoms with Crippen molar-refractivity contribution in [1.82, 2.24) is 25.3 Å². The van der Waals surface area contributed by atoms with Crippen LogP contribution >= 0.6 is 11.6 Å². The molecule has 0 spiro atoms. The molecule has 1 fully saturated rings. The molecular formula is C20H23ClFN7. The van der Waals surface area contributed by atoms with Crippen molar-refractivity contribution in [3.63, 3.8) is 0 Å². The van der Waals surface area contributed by atoms with Crippen LogP contribution in [0.25, 0.3) is 11.0 Å². The first kappa shape index (κ1) is 19.7. The van der Waals surface area contributed by atoms with E-state index in [1.807, 2.05) is 0 Å². The predicted octanol–water partition coefficient (Wildman–Crippen LogP) is 4.29. The molecule has 0 saturated heterocycles. The summed E-state index contributed by atoms with van der Waals surface area (Å²) >= 11 is 5.87. The normalized spacial score (nSPS) is 19.3. The van der Waals surface area contributed by atoms with Crippen LogP contribution in [0.3, 0.4) is 0 Å². The molecule has 1 aliphatic rings. The number of nitrogens with zero attached hydrogens (tertiary/aromatic N) is 4. The van der Waals surface area contributed by atoms with Crippen molar-refractivity contribution in [1.29, 1.82) is 0 Å². The van der Waals surface area contributed by atoms with E-state index in [4.69, 9.17) is 11.6 Å². The van der Waals surface area contributed by atoms with Gasteiger partial charge in [0.15, 0.2) is 5.82 Å². The highest BCUT2D eigenvalue weighted by atomic mass is 35.5. The van der Waals surface area contributed by atoms with Gasteiger partial charge in [0.25, 0.3) is 0 Å². The monoisotopic (exact) mass is 415 g/mol. The average molecular weight is 416 g/mol. The zero-order chi connectivity index (χ0) is 20.2. The maximum Gasteiger partial charge on any atom is 0.223 e. The second-order valence-corrected chi connectivity index (χ2v) is 7.56. The molecule has 1 saturated carbocycles. The Morgan fingerprint density at radius 2 is 1.90 bits per heavy atom. The van der Waals surface area contributed by atoms with Gasteiger partial charge in [-0.3, -0.25) is 0 Å². The van der Waals surface area contributed by atoms with E-state index in [0.717, 1.165) is 32.2 Å². The molecule has 3 N–H and O–H groups in total. The summed E-state index contributed by atoms with van der Waals surface area (Å²) in [5.74, 6) is 0.598. The van der Waals surface area contributed by atoms with E-state index in [2.05, 4.69) is 42.8 Å². The van der Waals surface area contributed by atoms with Crippen molar-refractivity contribution >= 4 is 40.1 Å². The fourth-order valence-electron chi connectivity index (χ4n) is 3.64. The summed E-state index contributed by atoms with van der Waals surface area (Å²) in [4.78, 5) is 17.6. The highest BCUT2D eigenvalue weighted by Gasteiger charge is 2.21. The molecule has 152 valence electrons. The Bertz CT molecular complexity index is 992. The molecule has 0 unspecified atom stereocenters. The summed E-state index contributed by atoms with van der Waals surface area (Å²) in [6, 6.07) is 5.35. The maximum absolute atomic E-state index is 13.4. The van der Waals surface area contributed by atoms with E-state index in [1.54, 1.807) is 12.3 Å². The number of fused-ring (bicyclic) bond motifs is 1. The second-order valence-electron chi connectivity index (χ2n) is 7.15. The molecule has 7 nitrogen and oxygen atoms in total. The fourth-order valence-corrected chi connectivity index (χ4v) is 3.82. The average Bonchev–Trinajstić information content (AvgIpc) is 2.73. The Kier molecular flexibility index (Phi) is 6.01. The lowest BCUT2D eigenvalue weighted by Gasteiger charge is -2.29. The van der Waals surface area contributed by atoms with Gasteiger partial charge in [-0.1, -0.05) is 18.5 Å². The van der Waals surface area contributed by atoms with E-state index in [-0.39, 0.29) is 5.02 Å². The van der Waals surface area contributed by atoms with Gasteiger partial charge < -0.3 is 16.0 Å². The standard InChI is InChI=1S/C20H23ClFN7/c1-2-23-12-3-5-13(6-4-12)28-20-24-10-17-18(29-20)19(26-11-25-17)27-14-7-8-16(22)15(21)9-14/h7-13,23H,2-6H2,1H3,(H,24,28,29)(H,25,26,27). The van der Waals surface area contributed by atoms with Crippen LogP contribution in [0.15, 0.2) is 30.7 Å². The van der Waals surface area contributed by atoms with Crippen molar-refractivity contribution in [2.45, 2.75) is 44.7 Å². The third kappa shape index (κ3) is 4.71. The van der Waals surface area contributed by atoms with Gasteiger partial charge in [0.1, 0.15) is 23.2 Å². The minimum absolute atomic E-state index is 0.0403. The molecule has 0 atom stereocenters. The third-order valence-corrected chi connectivity index (χ3v) is 5.40. The van der Waals surface area contributed by atoms with Crippen molar-refractivity contribution in [3.8, 4) is 0 Å². The van der Waals surface area contributed by atoms with E-state index in [1.165, 1.54) is 18.5 Å². The number of hydrogen-bond acceptors (Lipinski definition) is 7. The lowest BCUT2D eigenvalue weighted by molar-refractivity contribution is 0.359. The van der Waals surface area contributed by atoms with Crippen LogP contribution in [0, 0.1) is 5.82 Å². The molecule has 3 aromatic rings. The third-order valence-electron chi connectivity index (χ3n) is 5.11. The Morgan fingerprint density at radius 3 is 2.66 bits per heavy atom. The Labute approximate surface area is 173 Å². The number of aromatic nitrogens is 4. The first-order valence-corrected chi connectivity index (χ1v) is 10.2. The lowest BCUT2D eigenvalue weighted by Crippen LogP contribution is -2.37. The van der Waals surface area contributed by atoms with Gasteiger partial charge in [0.2, 0.25) is 5.95 Å².